The average molecular weight is 262 g/mol. The number of carbonyl (C=O) groups excluding carboxylic acids is 2. The van der Waals surface area contributed by atoms with Crippen LogP contribution in [-0.4, -0.2) is 31.5 Å². The Balaban J connectivity index is 1.61. The maximum atomic E-state index is 11.5. The van der Waals surface area contributed by atoms with Crippen LogP contribution in [0.2, 0.25) is 0 Å². The molecule has 1 aliphatic heterocycles. The number of rotatable bonds is 6. The molecule has 1 amide bonds. The van der Waals surface area contributed by atoms with Crippen LogP contribution in [0.3, 0.4) is 0 Å². The van der Waals surface area contributed by atoms with E-state index in [2.05, 4.69) is 10.6 Å². The molecular weight excluding hydrogens is 244 g/mol. The van der Waals surface area contributed by atoms with E-state index in [1.807, 2.05) is 30.3 Å². The summed E-state index contributed by atoms with van der Waals surface area (Å²) in [5.41, 5.74) is 0.964. The average Bonchev–Trinajstić information content (AvgIpc) is 2.83. The number of esters is 1. The third-order valence-corrected chi connectivity index (χ3v) is 3.07. The second-order valence-electron chi connectivity index (χ2n) is 4.55. The van der Waals surface area contributed by atoms with Crippen LogP contribution >= 0.6 is 0 Å². The zero-order valence-corrected chi connectivity index (χ0v) is 10.7. The molecule has 2 N–H and O–H groups in total. The number of hydrogen-bond acceptors (Lipinski definition) is 4. The Hall–Kier alpha value is -1.88. The highest BCUT2D eigenvalue weighted by molar-refractivity contribution is 5.80. The second kappa shape index (κ2) is 6.89. The lowest BCUT2D eigenvalue weighted by Gasteiger charge is -2.09. The van der Waals surface area contributed by atoms with Crippen molar-refractivity contribution in [3.8, 4) is 0 Å². The van der Waals surface area contributed by atoms with E-state index >= 15 is 0 Å². The van der Waals surface area contributed by atoms with Crippen molar-refractivity contribution in [1.29, 1.82) is 0 Å². The molecule has 0 saturated carbocycles. The van der Waals surface area contributed by atoms with Gasteiger partial charge in [-0.25, -0.2) is 0 Å². The summed E-state index contributed by atoms with van der Waals surface area (Å²) in [6.07, 6.45) is 0.824. The van der Waals surface area contributed by atoms with Gasteiger partial charge in [-0.15, -0.1) is 0 Å². The van der Waals surface area contributed by atoms with Crippen molar-refractivity contribution in [1.82, 2.24) is 10.6 Å². The van der Waals surface area contributed by atoms with Crippen LogP contribution in [0.5, 0.6) is 0 Å². The fourth-order valence-electron chi connectivity index (χ4n) is 1.98. The monoisotopic (exact) mass is 262 g/mol. The lowest BCUT2D eigenvalue weighted by atomic mass is 10.1. The van der Waals surface area contributed by atoms with Crippen molar-refractivity contribution < 1.29 is 14.3 Å². The summed E-state index contributed by atoms with van der Waals surface area (Å²) in [5.74, 6) is -0.269. The lowest BCUT2D eigenvalue weighted by Crippen LogP contribution is -2.32. The summed E-state index contributed by atoms with van der Waals surface area (Å²) in [7, 11) is 0. The van der Waals surface area contributed by atoms with E-state index in [9.17, 15) is 9.59 Å². The molecule has 1 aliphatic rings. The van der Waals surface area contributed by atoms with E-state index in [0.717, 1.165) is 18.5 Å². The van der Waals surface area contributed by atoms with Gasteiger partial charge < -0.3 is 15.4 Å². The minimum absolute atomic E-state index is 0.0260. The zero-order valence-electron chi connectivity index (χ0n) is 10.7. The predicted molar refractivity (Wildman–Crippen MR) is 70.2 cm³/mol. The summed E-state index contributed by atoms with van der Waals surface area (Å²) in [5, 5.41) is 5.72. The molecule has 19 heavy (non-hydrogen) atoms. The van der Waals surface area contributed by atoms with E-state index in [-0.39, 0.29) is 30.9 Å². The van der Waals surface area contributed by atoms with Crippen molar-refractivity contribution >= 4 is 11.9 Å². The topological polar surface area (TPSA) is 67.4 Å². The van der Waals surface area contributed by atoms with Gasteiger partial charge in [0.2, 0.25) is 5.91 Å². The Morgan fingerprint density at radius 3 is 2.84 bits per heavy atom. The number of carbonyl (C=O) groups is 2. The van der Waals surface area contributed by atoms with Crippen molar-refractivity contribution in [3.63, 3.8) is 0 Å². The Bertz CT molecular complexity index is 434. The van der Waals surface area contributed by atoms with Gasteiger partial charge in [-0.3, -0.25) is 9.59 Å². The molecule has 1 aromatic rings. The van der Waals surface area contributed by atoms with Crippen molar-refractivity contribution in [2.75, 3.05) is 19.6 Å². The number of hydrogen-bond donors (Lipinski definition) is 2. The fourth-order valence-corrected chi connectivity index (χ4v) is 1.98. The Kier molecular flexibility index (Phi) is 4.92. The highest BCUT2D eigenvalue weighted by Crippen LogP contribution is 2.07. The van der Waals surface area contributed by atoms with Crippen LogP contribution in [0.1, 0.15) is 12.0 Å². The third kappa shape index (κ3) is 4.37. The molecule has 2 rings (SSSR count). The molecular formula is C14H18N2O3. The summed E-state index contributed by atoms with van der Waals surface area (Å²) >= 11 is 0. The quantitative estimate of drug-likeness (QED) is 0.731. The SMILES string of the molecule is O=C(CNCC1CCNC1=O)OCc1ccccc1. The van der Waals surface area contributed by atoms with Crippen molar-refractivity contribution in [2.45, 2.75) is 13.0 Å². The second-order valence-corrected chi connectivity index (χ2v) is 4.55. The zero-order chi connectivity index (χ0) is 13.5. The van der Waals surface area contributed by atoms with E-state index in [1.165, 1.54) is 0 Å². The summed E-state index contributed by atoms with van der Waals surface area (Å²) < 4.78 is 5.12. The normalized spacial score (nSPS) is 18.1. The number of nitrogens with one attached hydrogen (secondary N) is 2. The van der Waals surface area contributed by atoms with Crippen LogP contribution in [0, 0.1) is 5.92 Å². The first-order valence-electron chi connectivity index (χ1n) is 6.43. The molecule has 0 radical (unpaired) electrons. The Morgan fingerprint density at radius 1 is 1.37 bits per heavy atom. The molecule has 5 nitrogen and oxygen atoms in total. The summed E-state index contributed by atoms with van der Waals surface area (Å²) in [6.45, 7) is 1.66. The van der Waals surface area contributed by atoms with E-state index in [1.54, 1.807) is 0 Å². The Labute approximate surface area is 112 Å². The van der Waals surface area contributed by atoms with Gasteiger partial charge in [-0.05, 0) is 12.0 Å². The Morgan fingerprint density at radius 2 is 2.16 bits per heavy atom. The van der Waals surface area contributed by atoms with Crippen LogP contribution in [0.15, 0.2) is 30.3 Å². The van der Waals surface area contributed by atoms with E-state index < -0.39 is 0 Å². The molecule has 1 atom stereocenters. The van der Waals surface area contributed by atoms with Gasteiger partial charge in [0, 0.05) is 13.1 Å². The number of ether oxygens (including phenoxy) is 1. The first-order valence-corrected chi connectivity index (χ1v) is 6.43. The van der Waals surface area contributed by atoms with Crippen LogP contribution in [-0.2, 0) is 20.9 Å². The summed E-state index contributed by atoms with van der Waals surface area (Å²) in [6, 6.07) is 9.53. The maximum absolute atomic E-state index is 11.5. The van der Waals surface area contributed by atoms with Gasteiger partial charge in [0.05, 0.1) is 12.5 Å². The fraction of sp³-hybridized carbons (Fsp3) is 0.429. The van der Waals surface area contributed by atoms with Gasteiger partial charge in [0.1, 0.15) is 6.61 Å². The number of amides is 1. The van der Waals surface area contributed by atoms with Gasteiger partial charge >= 0.3 is 5.97 Å². The molecule has 5 heteroatoms. The van der Waals surface area contributed by atoms with Crippen LogP contribution < -0.4 is 10.6 Å². The lowest BCUT2D eigenvalue weighted by molar-refractivity contribution is -0.144. The largest absolute Gasteiger partial charge is 0.460 e. The maximum Gasteiger partial charge on any atom is 0.320 e. The smallest absolute Gasteiger partial charge is 0.320 e. The molecule has 0 spiro atoms. The van der Waals surface area contributed by atoms with E-state index in [4.69, 9.17) is 4.74 Å². The van der Waals surface area contributed by atoms with Gasteiger partial charge in [-0.1, -0.05) is 30.3 Å². The molecule has 102 valence electrons. The predicted octanol–water partition coefficient (Wildman–Crippen LogP) is 0.456. The third-order valence-electron chi connectivity index (χ3n) is 3.07. The van der Waals surface area contributed by atoms with Gasteiger partial charge in [-0.2, -0.15) is 0 Å². The number of benzene rings is 1. The molecule has 1 unspecified atom stereocenters. The molecule has 1 heterocycles. The first kappa shape index (κ1) is 13.5. The molecule has 1 aromatic carbocycles. The van der Waals surface area contributed by atoms with Crippen molar-refractivity contribution in [2.24, 2.45) is 5.92 Å². The van der Waals surface area contributed by atoms with Crippen LogP contribution in [0.4, 0.5) is 0 Å². The highest BCUT2D eigenvalue weighted by Gasteiger charge is 2.23. The minimum Gasteiger partial charge on any atom is -0.460 e. The highest BCUT2D eigenvalue weighted by atomic mass is 16.5. The standard InChI is InChI=1S/C14H18N2O3/c17-13(19-10-11-4-2-1-3-5-11)9-15-8-12-6-7-16-14(12)18/h1-5,12,15H,6-10H2,(H,16,18). The van der Waals surface area contributed by atoms with Gasteiger partial charge in [0.15, 0.2) is 0 Å². The molecule has 1 saturated heterocycles. The molecule has 0 bridgehead atoms. The molecule has 1 fully saturated rings. The first-order chi connectivity index (χ1) is 9.25. The van der Waals surface area contributed by atoms with Crippen molar-refractivity contribution in [3.05, 3.63) is 35.9 Å². The van der Waals surface area contributed by atoms with Crippen LogP contribution in [0.25, 0.3) is 0 Å². The minimum atomic E-state index is -0.303. The molecule has 0 aromatic heterocycles. The summed E-state index contributed by atoms with van der Waals surface area (Å²) in [4.78, 5) is 22.8. The van der Waals surface area contributed by atoms with E-state index in [0.29, 0.717) is 6.54 Å². The van der Waals surface area contributed by atoms with Gasteiger partial charge in [0.25, 0.3) is 0 Å². The molecule has 0 aliphatic carbocycles.